The van der Waals surface area contributed by atoms with Gasteiger partial charge in [-0.15, -0.1) is 11.6 Å². The van der Waals surface area contributed by atoms with Crippen molar-refractivity contribution in [3.63, 3.8) is 0 Å². The minimum atomic E-state index is -3.40. The Kier molecular flexibility index (Phi) is 6.27. The molecule has 0 saturated carbocycles. The van der Waals surface area contributed by atoms with E-state index in [-0.39, 0.29) is 0 Å². The van der Waals surface area contributed by atoms with Crippen molar-refractivity contribution in [3.05, 3.63) is 41.5 Å². The van der Waals surface area contributed by atoms with Crippen LogP contribution >= 0.6 is 11.6 Å². The zero-order valence-electron chi connectivity index (χ0n) is 12.1. The highest BCUT2D eigenvalue weighted by Gasteiger charge is 2.13. The summed E-state index contributed by atoms with van der Waals surface area (Å²) in [5.41, 5.74) is 2.43. The van der Waals surface area contributed by atoms with Crippen molar-refractivity contribution in [3.8, 4) is 0 Å². The maximum atomic E-state index is 12.2. The van der Waals surface area contributed by atoms with Gasteiger partial charge in [0.15, 0.2) is 0 Å². The summed E-state index contributed by atoms with van der Waals surface area (Å²) in [6.07, 6.45) is 8.52. The minimum absolute atomic E-state index is 0.318. The average Bonchev–Trinajstić information content (AvgIpc) is 2.49. The second-order valence-electron chi connectivity index (χ2n) is 5.34. The Hall–Kier alpha value is -0.840. The van der Waals surface area contributed by atoms with E-state index in [1.165, 1.54) is 18.4 Å². The van der Waals surface area contributed by atoms with Crippen molar-refractivity contribution in [2.45, 2.75) is 43.4 Å². The molecule has 0 atom stereocenters. The van der Waals surface area contributed by atoms with Crippen LogP contribution in [0.5, 0.6) is 0 Å². The molecule has 0 aromatic heterocycles. The summed E-state index contributed by atoms with van der Waals surface area (Å²) >= 11 is 5.67. The normalized spacial score (nSPS) is 15.8. The quantitative estimate of drug-likeness (QED) is 0.614. The van der Waals surface area contributed by atoms with Gasteiger partial charge >= 0.3 is 0 Å². The fourth-order valence-electron chi connectivity index (χ4n) is 2.51. The Morgan fingerprint density at radius 2 is 1.86 bits per heavy atom. The van der Waals surface area contributed by atoms with Gasteiger partial charge in [-0.1, -0.05) is 23.8 Å². The third kappa shape index (κ3) is 5.13. The maximum Gasteiger partial charge on any atom is 0.240 e. The Labute approximate surface area is 132 Å². The lowest BCUT2D eigenvalue weighted by Gasteiger charge is -2.13. The number of sulfonamides is 1. The molecule has 0 bridgehead atoms. The summed E-state index contributed by atoms with van der Waals surface area (Å²) in [6, 6.07) is 6.93. The second-order valence-corrected chi connectivity index (χ2v) is 7.48. The first-order chi connectivity index (χ1) is 10.1. The van der Waals surface area contributed by atoms with Gasteiger partial charge in [-0.2, -0.15) is 0 Å². The number of aryl methyl sites for hydroxylation is 1. The van der Waals surface area contributed by atoms with Crippen LogP contribution in [0.25, 0.3) is 0 Å². The average molecular weight is 328 g/mol. The Bertz CT molecular complexity index is 579. The molecule has 1 aliphatic rings. The van der Waals surface area contributed by atoms with Crippen LogP contribution in [0, 0.1) is 0 Å². The Balaban J connectivity index is 1.90. The van der Waals surface area contributed by atoms with Gasteiger partial charge in [-0.05, 0) is 56.2 Å². The monoisotopic (exact) mass is 327 g/mol. The van der Waals surface area contributed by atoms with E-state index in [1.807, 2.05) is 12.1 Å². The van der Waals surface area contributed by atoms with Gasteiger partial charge in [-0.25, -0.2) is 13.1 Å². The third-order valence-corrected chi connectivity index (χ3v) is 5.41. The molecule has 21 heavy (non-hydrogen) atoms. The number of halogens is 1. The molecular formula is C16H22ClNO2S. The van der Waals surface area contributed by atoms with E-state index in [0.29, 0.717) is 17.3 Å². The molecule has 1 aliphatic carbocycles. The van der Waals surface area contributed by atoms with Gasteiger partial charge in [0, 0.05) is 12.4 Å². The summed E-state index contributed by atoms with van der Waals surface area (Å²) in [5, 5.41) is 0. The van der Waals surface area contributed by atoms with E-state index in [4.69, 9.17) is 11.6 Å². The van der Waals surface area contributed by atoms with Crippen molar-refractivity contribution < 1.29 is 8.42 Å². The maximum absolute atomic E-state index is 12.2. The smallest absolute Gasteiger partial charge is 0.211 e. The zero-order chi connectivity index (χ0) is 15.1. The molecule has 0 unspecified atom stereocenters. The highest BCUT2D eigenvalue weighted by atomic mass is 35.5. The molecule has 1 N–H and O–H groups in total. The summed E-state index contributed by atoms with van der Waals surface area (Å²) in [4.78, 5) is 0.318. The van der Waals surface area contributed by atoms with Crippen LogP contribution in [-0.4, -0.2) is 20.8 Å². The highest BCUT2D eigenvalue weighted by molar-refractivity contribution is 7.89. The summed E-state index contributed by atoms with van der Waals surface area (Å²) in [6.45, 7) is 0.470. The van der Waals surface area contributed by atoms with E-state index < -0.39 is 10.0 Å². The van der Waals surface area contributed by atoms with Crippen molar-refractivity contribution in [1.82, 2.24) is 4.72 Å². The predicted octanol–water partition coefficient (Wildman–Crippen LogP) is 3.64. The largest absolute Gasteiger partial charge is 0.240 e. The van der Waals surface area contributed by atoms with Crippen LogP contribution in [0.2, 0.25) is 0 Å². The zero-order valence-corrected chi connectivity index (χ0v) is 13.7. The van der Waals surface area contributed by atoms with Gasteiger partial charge in [-0.3, -0.25) is 0 Å². The van der Waals surface area contributed by atoms with Gasteiger partial charge < -0.3 is 0 Å². The van der Waals surface area contributed by atoms with Crippen LogP contribution in [0.4, 0.5) is 0 Å². The van der Waals surface area contributed by atoms with Gasteiger partial charge in [0.1, 0.15) is 0 Å². The van der Waals surface area contributed by atoms with Gasteiger partial charge in [0.25, 0.3) is 0 Å². The number of hydrogen-bond donors (Lipinski definition) is 1. The number of alkyl halides is 1. The van der Waals surface area contributed by atoms with Crippen molar-refractivity contribution in [2.75, 3.05) is 12.4 Å². The number of benzene rings is 1. The first-order valence-corrected chi connectivity index (χ1v) is 9.46. The molecule has 3 nitrogen and oxygen atoms in total. The van der Waals surface area contributed by atoms with Crippen molar-refractivity contribution >= 4 is 21.6 Å². The van der Waals surface area contributed by atoms with Crippen LogP contribution in [0.3, 0.4) is 0 Å². The summed E-state index contributed by atoms with van der Waals surface area (Å²) < 4.78 is 27.1. The van der Waals surface area contributed by atoms with E-state index in [1.54, 1.807) is 12.1 Å². The molecule has 0 saturated heterocycles. The minimum Gasteiger partial charge on any atom is -0.211 e. The molecule has 1 aromatic carbocycles. The summed E-state index contributed by atoms with van der Waals surface area (Å²) in [7, 11) is -3.40. The molecule has 2 rings (SSSR count). The van der Waals surface area contributed by atoms with Crippen LogP contribution in [0.15, 0.2) is 40.8 Å². The van der Waals surface area contributed by atoms with Crippen LogP contribution in [0.1, 0.15) is 37.7 Å². The lowest BCUT2D eigenvalue weighted by atomic mass is 9.97. The van der Waals surface area contributed by atoms with Crippen LogP contribution in [-0.2, 0) is 16.4 Å². The molecule has 0 heterocycles. The molecule has 0 amide bonds. The van der Waals surface area contributed by atoms with Crippen LogP contribution < -0.4 is 4.72 Å². The fourth-order valence-corrected chi connectivity index (χ4v) is 3.76. The number of nitrogens with one attached hydrogen (secondary N) is 1. The molecule has 0 radical (unpaired) electrons. The molecule has 1 aromatic rings. The lowest BCUT2D eigenvalue weighted by Crippen LogP contribution is -2.25. The molecule has 0 fully saturated rings. The topological polar surface area (TPSA) is 46.2 Å². The van der Waals surface area contributed by atoms with Crippen molar-refractivity contribution in [1.29, 1.82) is 0 Å². The molecule has 5 heteroatoms. The first-order valence-electron chi connectivity index (χ1n) is 7.44. The highest BCUT2D eigenvalue weighted by Crippen LogP contribution is 2.19. The number of hydrogen-bond acceptors (Lipinski definition) is 2. The van der Waals surface area contributed by atoms with Gasteiger partial charge in [0.2, 0.25) is 10.0 Å². The molecular weight excluding hydrogens is 306 g/mol. The summed E-state index contributed by atoms with van der Waals surface area (Å²) in [5.74, 6) is 0.541. The predicted molar refractivity (Wildman–Crippen MR) is 87.2 cm³/mol. The van der Waals surface area contributed by atoms with E-state index in [2.05, 4.69) is 10.8 Å². The second kappa shape index (κ2) is 7.97. The number of rotatable bonds is 7. The van der Waals surface area contributed by atoms with Gasteiger partial charge in [0.05, 0.1) is 4.90 Å². The van der Waals surface area contributed by atoms with Crippen molar-refractivity contribution in [2.24, 2.45) is 0 Å². The molecule has 116 valence electrons. The molecule has 0 aliphatic heterocycles. The molecule has 0 spiro atoms. The lowest BCUT2D eigenvalue weighted by molar-refractivity contribution is 0.579. The third-order valence-electron chi connectivity index (χ3n) is 3.74. The SMILES string of the molecule is O=S(=O)(NCCC1=CCCCC1)c1ccc(CCCl)cc1. The van der Waals surface area contributed by atoms with E-state index >= 15 is 0 Å². The van der Waals surface area contributed by atoms with E-state index in [0.717, 1.165) is 31.2 Å². The Morgan fingerprint density at radius 3 is 2.48 bits per heavy atom. The number of allylic oxidation sites excluding steroid dienone is 1. The van der Waals surface area contributed by atoms with E-state index in [9.17, 15) is 8.42 Å². The fraction of sp³-hybridized carbons (Fsp3) is 0.500. The standard InChI is InChI=1S/C16H22ClNO2S/c17-12-10-15-6-8-16(9-7-15)21(19,20)18-13-11-14-4-2-1-3-5-14/h4,6-9,18H,1-3,5,10-13H2. The Morgan fingerprint density at radius 1 is 1.10 bits per heavy atom. The first kappa shape index (κ1) is 16.5.